The lowest BCUT2D eigenvalue weighted by Crippen LogP contribution is -2.42. The molecular formula is C16H25BrN2O. The van der Waals surface area contributed by atoms with Gasteiger partial charge in [-0.15, -0.1) is 0 Å². The predicted octanol–water partition coefficient (Wildman–Crippen LogP) is 3.12. The zero-order chi connectivity index (χ0) is 14.5. The Morgan fingerprint density at radius 2 is 2.30 bits per heavy atom. The predicted molar refractivity (Wildman–Crippen MR) is 86.8 cm³/mol. The molecule has 1 fully saturated rings. The molecule has 0 amide bonds. The molecule has 1 aromatic rings. The van der Waals surface area contributed by atoms with Gasteiger partial charge in [-0.25, -0.2) is 0 Å². The van der Waals surface area contributed by atoms with Crippen molar-refractivity contribution in [3.63, 3.8) is 0 Å². The highest BCUT2D eigenvalue weighted by Crippen LogP contribution is 2.29. The monoisotopic (exact) mass is 340 g/mol. The second kappa shape index (κ2) is 7.55. The minimum atomic E-state index is 0.312. The lowest BCUT2D eigenvalue weighted by Gasteiger charge is -2.38. The van der Waals surface area contributed by atoms with E-state index in [1.54, 1.807) is 7.11 Å². The number of aryl methyl sites for hydroxylation is 1. The Balaban J connectivity index is 2.12. The normalized spacial score (nSPS) is 21.9. The summed E-state index contributed by atoms with van der Waals surface area (Å²) < 4.78 is 6.48. The molecule has 3 nitrogen and oxygen atoms in total. The standard InChI is InChI=1S/C16H25BrN2O/c1-12-5-6-14(8-15(12)17)16(9-18)19-7-3-4-13(10-19)11-20-2/h5-6,8,13,16H,3-4,7,9-11,18H2,1-2H3. The third-order valence-corrected chi connectivity index (χ3v) is 5.05. The van der Waals surface area contributed by atoms with Crippen LogP contribution in [0.5, 0.6) is 0 Å². The maximum absolute atomic E-state index is 6.05. The lowest BCUT2D eigenvalue weighted by atomic mass is 9.95. The van der Waals surface area contributed by atoms with Crippen molar-refractivity contribution in [2.24, 2.45) is 11.7 Å². The van der Waals surface area contributed by atoms with Crippen LogP contribution in [0, 0.1) is 12.8 Å². The van der Waals surface area contributed by atoms with Crippen LogP contribution in [0.15, 0.2) is 22.7 Å². The summed E-state index contributed by atoms with van der Waals surface area (Å²) in [7, 11) is 1.79. The number of hydrogen-bond donors (Lipinski definition) is 1. The van der Waals surface area contributed by atoms with Gasteiger partial charge in [-0.3, -0.25) is 4.90 Å². The van der Waals surface area contributed by atoms with Crippen LogP contribution in [0.25, 0.3) is 0 Å². The molecule has 2 unspecified atom stereocenters. The van der Waals surface area contributed by atoms with Crippen LogP contribution in [0.1, 0.15) is 30.0 Å². The molecule has 20 heavy (non-hydrogen) atoms. The molecule has 1 saturated heterocycles. The Morgan fingerprint density at radius 1 is 1.50 bits per heavy atom. The molecule has 1 heterocycles. The molecule has 112 valence electrons. The van der Waals surface area contributed by atoms with Crippen molar-refractivity contribution >= 4 is 15.9 Å². The van der Waals surface area contributed by atoms with E-state index in [9.17, 15) is 0 Å². The minimum absolute atomic E-state index is 0.312. The smallest absolute Gasteiger partial charge is 0.0502 e. The summed E-state index contributed by atoms with van der Waals surface area (Å²) in [5, 5.41) is 0. The summed E-state index contributed by atoms with van der Waals surface area (Å²) >= 11 is 3.62. The average molecular weight is 341 g/mol. The lowest BCUT2D eigenvalue weighted by molar-refractivity contribution is 0.0697. The van der Waals surface area contributed by atoms with Crippen LogP contribution >= 0.6 is 15.9 Å². The van der Waals surface area contributed by atoms with Crippen LogP contribution in [-0.2, 0) is 4.74 Å². The van der Waals surface area contributed by atoms with E-state index in [2.05, 4.69) is 46.0 Å². The fourth-order valence-electron chi connectivity index (χ4n) is 3.06. The molecule has 0 bridgehead atoms. The molecule has 0 aromatic heterocycles. The fourth-order valence-corrected chi connectivity index (χ4v) is 3.46. The minimum Gasteiger partial charge on any atom is -0.384 e. The van der Waals surface area contributed by atoms with Crippen molar-refractivity contribution < 1.29 is 4.74 Å². The maximum Gasteiger partial charge on any atom is 0.0502 e. The summed E-state index contributed by atoms with van der Waals surface area (Å²) in [5.74, 6) is 0.636. The fraction of sp³-hybridized carbons (Fsp3) is 0.625. The zero-order valence-corrected chi connectivity index (χ0v) is 14.0. The van der Waals surface area contributed by atoms with E-state index < -0.39 is 0 Å². The zero-order valence-electron chi connectivity index (χ0n) is 12.4. The molecule has 1 aliphatic heterocycles. The highest BCUT2D eigenvalue weighted by atomic mass is 79.9. The number of rotatable bonds is 5. The number of likely N-dealkylation sites (tertiary alicyclic amines) is 1. The molecule has 1 aliphatic rings. The van der Waals surface area contributed by atoms with Crippen molar-refractivity contribution in [2.75, 3.05) is 33.4 Å². The van der Waals surface area contributed by atoms with Crippen molar-refractivity contribution in [2.45, 2.75) is 25.8 Å². The van der Waals surface area contributed by atoms with Crippen molar-refractivity contribution in [1.29, 1.82) is 0 Å². The Labute approximate surface area is 130 Å². The summed E-state index contributed by atoms with van der Waals surface area (Å²) in [6.45, 7) is 5.84. The molecule has 4 heteroatoms. The molecule has 1 aromatic carbocycles. The molecule has 2 rings (SSSR count). The molecular weight excluding hydrogens is 316 g/mol. The van der Waals surface area contributed by atoms with Gasteiger partial charge in [0.15, 0.2) is 0 Å². The van der Waals surface area contributed by atoms with Gasteiger partial charge in [-0.2, -0.15) is 0 Å². The van der Waals surface area contributed by atoms with Crippen LogP contribution in [0.2, 0.25) is 0 Å². The van der Waals surface area contributed by atoms with E-state index in [4.69, 9.17) is 10.5 Å². The van der Waals surface area contributed by atoms with Gasteiger partial charge in [0.1, 0.15) is 0 Å². The Morgan fingerprint density at radius 3 is 2.95 bits per heavy atom. The van der Waals surface area contributed by atoms with Gasteiger partial charge in [0.05, 0.1) is 6.61 Å². The number of hydrogen-bond acceptors (Lipinski definition) is 3. The number of methoxy groups -OCH3 is 1. The summed E-state index contributed by atoms with van der Waals surface area (Å²) in [4.78, 5) is 2.52. The number of ether oxygens (including phenoxy) is 1. The van der Waals surface area contributed by atoms with E-state index in [0.717, 1.165) is 19.7 Å². The van der Waals surface area contributed by atoms with Crippen molar-refractivity contribution in [3.05, 3.63) is 33.8 Å². The Bertz CT molecular complexity index is 436. The van der Waals surface area contributed by atoms with E-state index in [1.807, 2.05) is 0 Å². The SMILES string of the molecule is COCC1CCCN(C(CN)c2ccc(C)c(Br)c2)C1. The Hall–Kier alpha value is -0.420. The van der Waals surface area contributed by atoms with Gasteiger partial charge >= 0.3 is 0 Å². The summed E-state index contributed by atoms with van der Waals surface area (Å²) in [5.41, 5.74) is 8.63. The number of nitrogens with two attached hydrogens (primary N) is 1. The highest BCUT2D eigenvalue weighted by molar-refractivity contribution is 9.10. The topological polar surface area (TPSA) is 38.5 Å². The Kier molecular flexibility index (Phi) is 6.02. The van der Waals surface area contributed by atoms with Gasteiger partial charge in [0.25, 0.3) is 0 Å². The molecule has 2 N–H and O–H groups in total. The first kappa shape index (κ1) is 16.0. The van der Waals surface area contributed by atoms with Gasteiger partial charge in [0.2, 0.25) is 0 Å². The van der Waals surface area contributed by atoms with Crippen LogP contribution in [0.3, 0.4) is 0 Å². The van der Waals surface area contributed by atoms with Crippen LogP contribution in [0.4, 0.5) is 0 Å². The second-order valence-electron chi connectivity index (χ2n) is 5.72. The van der Waals surface area contributed by atoms with Crippen molar-refractivity contribution in [3.8, 4) is 0 Å². The van der Waals surface area contributed by atoms with E-state index in [-0.39, 0.29) is 0 Å². The second-order valence-corrected chi connectivity index (χ2v) is 6.57. The van der Waals surface area contributed by atoms with Gasteiger partial charge in [-0.05, 0) is 49.4 Å². The maximum atomic E-state index is 6.05. The number of piperidine rings is 1. The van der Waals surface area contributed by atoms with Crippen LogP contribution in [-0.4, -0.2) is 38.3 Å². The molecule has 2 atom stereocenters. The summed E-state index contributed by atoms with van der Waals surface area (Å²) in [6.07, 6.45) is 2.50. The first-order chi connectivity index (χ1) is 9.65. The molecule has 0 saturated carbocycles. The largest absolute Gasteiger partial charge is 0.384 e. The van der Waals surface area contributed by atoms with E-state index >= 15 is 0 Å². The third-order valence-electron chi connectivity index (χ3n) is 4.20. The number of benzene rings is 1. The first-order valence-electron chi connectivity index (χ1n) is 7.34. The number of nitrogens with zero attached hydrogens (tertiary/aromatic N) is 1. The molecule has 0 aliphatic carbocycles. The van der Waals surface area contributed by atoms with E-state index in [0.29, 0.717) is 18.5 Å². The molecule has 0 radical (unpaired) electrons. The van der Waals surface area contributed by atoms with Gasteiger partial charge < -0.3 is 10.5 Å². The highest BCUT2D eigenvalue weighted by Gasteiger charge is 2.26. The third kappa shape index (κ3) is 3.82. The summed E-state index contributed by atoms with van der Waals surface area (Å²) in [6, 6.07) is 6.90. The number of halogens is 1. The average Bonchev–Trinajstić information content (AvgIpc) is 2.44. The molecule has 0 spiro atoms. The van der Waals surface area contributed by atoms with Crippen LogP contribution < -0.4 is 5.73 Å². The van der Waals surface area contributed by atoms with Gasteiger partial charge in [-0.1, -0.05) is 28.1 Å². The first-order valence-corrected chi connectivity index (χ1v) is 8.14. The van der Waals surface area contributed by atoms with E-state index in [1.165, 1.54) is 28.4 Å². The van der Waals surface area contributed by atoms with Crippen molar-refractivity contribution in [1.82, 2.24) is 4.90 Å². The van der Waals surface area contributed by atoms with Gasteiger partial charge in [0, 0.05) is 30.7 Å². The quantitative estimate of drug-likeness (QED) is 0.894.